The molecule has 0 aromatic heterocycles. The van der Waals surface area contributed by atoms with E-state index in [1.807, 2.05) is 12.1 Å². The van der Waals surface area contributed by atoms with E-state index in [1.54, 1.807) is 11.0 Å². The van der Waals surface area contributed by atoms with Gasteiger partial charge in [-0.25, -0.2) is 0 Å². The summed E-state index contributed by atoms with van der Waals surface area (Å²) in [6, 6.07) is 4.94. The van der Waals surface area contributed by atoms with E-state index in [4.69, 9.17) is 19.9 Å². The van der Waals surface area contributed by atoms with Gasteiger partial charge in [-0.05, 0) is 37.9 Å². The Kier molecular flexibility index (Phi) is 10.1. The second-order valence-electron chi connectivity index (χ2n) is 7.99. The number of amides is 3. The van der Waals surface area contributed by atoms with Crippen molar-refractivity contribution >= 4 is 23.4 Å². The molecule has 2 aliphatic rings. The van der Waals surface area contributed by atoms with Crippen molar-refractivity contribution in [2.45, 2.75) is 38.3 Å². The molecule has 4 N–H and O–H groups in total. The number of nitrogens with zero attached hydrogens (tertiary/aromatic N) is 1. The number of hydrogen-bond acceptors (Lipinski definition) is 8. The summed E-state index contributed by atoms with van der Waals surface area (Å²) in [6.07, 6.45) is 2.26. The fourth-order valence-electron chi connectivity index (χ4n) is 3.88. The number of anilines is 1. The van der Waals surface area contributed by atoms with Gasteiger partial charge in [0.1, 0.15) is 6.04 Å². The number of nitrogens with one attached hydrogen (secondary N) is 2. The summed E-state index contributed by atoms with van der Waals surface area (Å²) in [5, 5.41) is 5.70. The summed E-state index contributed by atoms with van der Waals surface area (Å²) in [4.78, 5) is 38.0. The molecule has 182 valence electrons. The van der Waals surface area contributed by atoms with Crippen molar-refractivity contribution in [3.8, 4) is 0 Å². The highest BCUT2D eigenvalue weighted by Crippen LogP contribution is 2.32. The topological polar surface area (TPSA) is 132 Å². The van der Waals surface area contributed by atoms with Crippen LogP contribution in [0.4, 0.5) is 5.69 Å². The lowest BCUT2D eigenvalue weighted by atomic mass is 10.0. The van der Waals surface area contributed by atoms with Crippen LogP contribution in [-0.4, -0.2) is 81.4 Å². The zero-order chi connectivity index (χ0) is 23.5. The molecule has 1 saturated heterocycles. The van der Waals surface area contributed by atoms with Crippen LogP contribution in [0.1, 0.15) is 41.6 Å². The molecule has 2 heterocycles. The molecular formula is C23H34N4O6. The first-order valence-corrected chi connectivity index (χ1v) is 11.6. The van der Waals surface area contributed by atoms with Crippen molar-refractivity contribution in [3.63, 3.8) is 0 Å². The number of rotatable bonds is 15. The van der Waals surface area contributed by atoms with Crippen LogP contribution in [0.25, 0.3) is 0 Å². The highest BCUT2D eigenvalue weighted by Gasteiger charge is 2.39. The largest absolute Gasteiger partial charge is 0.385 e. The highest BCUT2D eigenvalue weighted by atomic mass is 16.5. The first-order valence-electron chi connectivity index (χ1n) is 11.6. The number of fused-ring (bicyclic) bond motifs is 1. The Morgan fingerprint density at radius 2 is 1.70 bits per heavy atom. The number of nitrogens with two attached hydrogens (primary N) is 1. The molecule has 0 aliphatic carbocycles. The molecule has 3 amide bonds. The van der Waals surface area contributed by atoms with E-state index in [2.05, 4.69) is 10.6 Å². The third-order valence-electron chi connectivity index (χ3n) is 5.60. The van der Waals surface area contributed by atoms with Crippen LogP contribution in [-0.2, 0) is 30.3 Å². The highest BCUT2D eigenvalue weighted by molar-refractivity contribution is 6.06. The van der Waals surface area contributed by atoms with Gasteiger partial charge in [0.2, 0.25) is 11.8 Å². The molecule has 1 aromatic carbocycles. The Labute approximate surface area is 194 Å². The molecule has 3 rings (SSSR count). The van der Waals surface area contributed by atoms with Crippen molar-refractivity contribution < 1.29 is 28.6 Å². The van der Waals surface area contributed by atoms with Gasteiger partial charge in [0.05, 0.1) is 26.4 Å². The molecule has 0 bridgehead atoms. The zero-order valence-corrected chi connectivity index (χ0v) is 19.0. The van der Waals surface area contributed by atoms with E-state index in [0.717, 1.165) is 24.1 Å². The van der Waals surface area contributed by atoms with Gasteiger partial charge in [0, 0.05) is 49.5 Å². The maximum absolute atomic E-state index is 12.9. The van der Waals surface area contributed by atoms with Gasteiger partial charge in [-0.15, -0.1) is 0 Å². The van der Waals surface area contributed by atoms with Gasteiger partial charge in [-0.2, -0.15) is 0 Å². The average Bonchev–Trinajstić information content (AvgIpc) is 3.14. The number of hydrogen-bond donors (Lipinski definition) is 3. The van der Waals surface area contributed by atoms with Crippen LogP contribution < -0.4 is 16.4 Å². The van der Waals surface area contributed by atoms with Gasteiger partial charge in [-0.3, -0.25) is 19.7 Å². The van der Waals surface area contributed by atoms with E-state index < -0.39 is 11.9 Å². The quantitative estimate of drug-likeness (QED) is 0.256. The van der Waals surface area contributed by atoms with E-state index in [0.29, 0.717) is 71.3 Å². The Bertz CT molecular complexity index is 818. The lowest BCUT2D eigenvalue weighted by molar-refractivity contribution is -0.136. The molecular weight excluding hydrogens is 428 g/mol. The number of carbonyl (C=O) groups is 3. The molecule has 1 atom stereocenters. The first-order chi connectivity index (χ1) is 16.1. The number of benzene rings is 1. The summed E-state index contributed by atoms with van der Waals surface area (Å²) in [7, 11) is 0. The summed E-state index contributed by atoms with van der Waals surface area (Å²) in [5.41, 5.74) is 7.76. The minimum atomic E-state index is -0.608. The molecule has 0 saturated carbocycles. The molecule has 10 nitrogen and oxygen atoms in total. The standard InChI is InChI=1S/C23H34N4O6/c24-8-2-10-31-12-14-33-15-13-32-11-3-9-25-19-5-1-4-17-18(19)16-27(23(17)30)20-6-7-21(28)26-22(20)29/h1,4-5,20,25H,2-3,6-16,24H2,(H,26,28,29). The van der Waals surface area contributed by atoms with Crippen molar-refractivity contribution in [1.82, 2.24) is 10.2 Å². The van der Waals surface area contributed by atoms with Gasteiger partial charge in [-0.1, -0.05) is 6.07 Å². The van der Waals surface area contributed by atoms with E-state index in [1.165, 1.54) is 0 Å². The maximum atomic E-state index is 12.9. The summed E-state index contributed by atoms with van der Waals surface area (Å²) in [6.45, 7) is 5.10. The molecule has 10 heteroatoms. The number of imide groups is 1. The lowest BCUT2D eigenvalue weighted by Crippen LogP contribution is -2.52. The number of piperidine rings is 1. The average molecular weight is 463 g/mol. The van der Waals surface area contributed by atoms with Crippen molar-refractivity contribution in [2.75, 3.05) is 58.0 Å². The predicted octanol–water partition coefficient (Wildman–Crippen LogP) is 0.648. The Morgan fingerprint density at radius 1 is 1.00 bits per heavy atom. The third kappa shape index (κ3) is 7.23. The fourth-order valence-corrected chi connectivity index (χ4v) is 3.88. The van der Waals surface area contributed by atoms with Crippen LogP contribution in [0.5, 0.6) is 0 Å². The monoisotopic (exact) mass is 462 g/mol. The molecule has 1 unspecified atom stereocenters. The number of ether oxygens (including phenoxy) is 3. The Balaban J connectivity index is 1.33. The van der Waals surface area contributed by atoms with Crippen molar-refractivity contribution in [1.29, 1.82) is 0 Å². The van der Waals surface area contributed by atoms with E-state index in [-0.39, 0.29) is 18.2 Å². The van der Waals surface area contributed by atoms with Crippen LogP contribution in [0.3, 0.4) is 0 Å². The van der Waals surface area contributed by atoms with Gasteiger partial charge < -0.3 is 30.2 Å². The zero-order valence-electron chi connectivity index (χ0n) is 19.0. The Morgan fingerprint density at radius 3 is 2.39 bits per heavy atom. The van der Waals surface area contributed by atoms with Crippen molar-refractivity contribution in [3.05, 3.63) is 29.3 Å². The smallest absolute Gasteiger partial charge is 0.255 e. The predicted molar refractivity (Wildman–Crippen MR) is 122 cm³/mol. The van der Waals surface area contributed by atoms with Gasteiger partial charge in [0.25, 0.3) is 5.91 Å². The van der Waals surface area contributed by atoms with Gasteiger partial charge in [0.15, 0.2) is 0 Å². The van der Waals surface area contributed by atoms with Crippen LogP contribution in [0, 0.1) is 0 Å². The number of carbonyl (C=O) groups excluding carboxylic acids is 3. The molecule has 1 fully saturated rings. The summed E-state index contributed by atoms with van der Waals surface area (Å²) in [5.74, 6) is -0.859. The van der Waals surface area contributed by atoms with Crippen molar-refractivity contribution in [2.24, 2.45) is 5.73 Å². The molecule has 0 spiro atoms. The third-order valence-corrected chi connectivity index (χ3v) is 5.60. The minimum absolute atomic E-state index is 0.170. The second-order valence-corrected chi connectivity index (χ2v) is 7.99. The fraction of sp³-hybridized carbons (Fsp3) is 0.609. The SMILES string of the molecule is NCCCOCCOCCOCCCNc1cccc2c1CN(C1CCC(=O)NC1=O)C2=O. The summed E-state index contributed by atoms with van der Waals surface area (Å²) >= 11 is 0. The normalized spacial score (nSPS) is 17.9. The minimum Gasteiger partial charge on any atom is -0.385 e. The summed E-state index contributed by atoms with van der Waals surface area (Å²) < 4.78 is 16.4. The molecule has 0 radical (unpaired) electrons. The maximum Gasteiger partial charge on any atom is 0.255 e. The van der Waals surface area contributed by atoms with Gasteiger partial charge >= 0.3 is 0 Å². The van der Waals surface area contributed by atoms with Crippen LogP contribution in [0.2, 0.25) is 0 Å². The molecule has 33 heavy (non-hydrogen) atoms. The second kappa shape index (κ2) is 13.2. The van der Waals surface area contributed by atoms with Crippen LogP contribution >= 0.6 is 0 Å². The van der Waals surface area contributed by atoms with E-state index >= 15 is 0 Å². The van der Waals surface area contributed by atoms with E-state index in [9.17, 15) is 14.4 Å². The molecule has 2 aliphatic heterocycles. The van der Waals surface area contributed by atoms with Crippen LogP contribution in [0.15, 0.2) is 18.2 Å². The first kappa shape index (κ1) is 25.1. The Hall–Kier alpha value is -2.53. The lowest BCUT2D eigenvalue weighted by Gasteiger charge is -2.29. The molecule has 1 aromatic rings.